The van der Waals surface area contributed by atoms with Crippen molar-refractivity contribution < 1.29 is 22.8 Å². The van der Waals surface area contributed by atoms with Gasteiger partial charge in [0.15, 0.2) is 0 Å². The number of rotatable bonds is 10. The zero-order valence-electron chi connectivity index (χ0n) is 22.5. The van der Waals surface area contributed by atoms with Crippen LogP contribution in [0, 0.1) is 5.92 Å². The first-order chi connectivity index (χ1) is 19.7. The number of aromatic nitrogens is 1. The minimum Gasteiger partial charge on any atom is -0.342 e. The van der Waals surface area contributed by atoms with Crippen molar-refractivity contribution in [1.29, 1.82) is 0 Å². The minimum atomic E-state index is -4.09. The number of anilines is 1. The minimum absolute atomic E-state index is 0.0563. The largest absolute Gasteiger partial charge is 0.342 e. The molecular weight excluding hydrogens is 591 g/mol. The van der Waals surface area contributed by atoms with E-state index in [0.717, 1.165) is 19.3 Å². The number of nitrogens with zero attached hydrogens (tertiary/aromatic N) is 3. The van der Waals surface area contributed by atoms with E-state index in [4.69, 9.17) is 23.2 Å². The average molecular weight is 626 g/mol. The summed E-state index contributed by atoms with van der Waals surface area (Å²) in [5.41, 5.74) is 0.564. The smallest absolute Gasteiger partial charge is 0.247 e. The topological polar surface area (TPSA) is 141 Å². The summed E-state index contributed by atoms with van der Waals surface area (Å²) in [6.45, 7) is 1.80. The highest BCUT2D eigenvalue weighted by Gasteiger charge is 2.34. The van der Waals surface area contributed by atoms with E-state index in [2.05, 4.69) is 20.3 Å². The third-order valence-electron chi connectivity index (χ3n) is 7.22. The van der Waals surface area contributed by atoms with E-state index in [-0.39, 0.29) is 39.2 Å². The lowest BCUT2D eigenvalue weighted by Gasteiger charge is -2.35. The molecule has 0 radical (unpaired) electrons. The lowest BCUT2D eigenvalue weighted by molar-refractivity contribution is -0.137. The van der Waals surface area contributed by atoms with Crippen molar-refractivity contribution in [3.05, 3.63) is 52.8 Å². The second-order valence-corrected chi connectivity index (χ2v) is 12.7. The molecule has 2 saturated heterocycles. The Labute approximate surface area is 250 Å². The second kappa shape index (κ2) is 14.4. The molecule has 2 aromatic rings. The van der Waals surface area contributed by atoms with Crippen molar-refractivity contribution in [2.45, 2.75) is 43.0 Å². The number of carbonyl (C=O) groups is 3. The van der Waals surface area contributed by atoms with Gasteiger partial charge >= 0.3 is 0 Å². The van der Waals surface area contributed by atoms with Gasteiger partial charge in [-0.3, -0.25) is 19.4 Å². The van der Waals surface area contributed by atoms with Crippen molar-refractivity contribution in [1.82, 2.24) is 25.2 Å². The number of hydrogen-bond acceptors (Lipinski definition) is 7. The van der Waals surface area contributed by atoms with E-state index in [1.807, 2.05) is 0 Å². The zero-order chi connectivity index (χ0) is 29.4. The van der Waals surface area contributed by atoms with Crippen LogP contribution in [0.25, 0.3) is 0 Å². The molecule has 41 heavy (non-hydrogen) atoms. The molecule has 3 amide bonds. The Morgan fingerprint density at radius 2 is 1.71 bits per heavy atom. The Kier molecular flexibility index (Phi) is 11.0. The first-order valence-electron chi connectivity index (χ1n) is 13.6. The van der Waals surface area contributed by atoms with Gasteiger partial charge in [0.2, 0.25) is 27.7 Å². The van der Waals surface area contributed by atoms with Crippen molar-refractivity contribution in [2.24, 2.45) is 5.92 Å². The summed E-state index contributed by atoms with van der Waals surface area (Å²) in [6, 6.07) is 6.10. The quantitative estimate of drug-likeness (QED) is 0.368. The van der Waals surface area contributed by atoms with E-state index in [9.17, 15) is 22.8 Å². The van der Waals surface area contributed by atoms with Gasteiger partial charge in [-0.05, 0) is 75.5 Å². The van der Waals surface area contributed by atoms with Crippen LogP contribution >= 0.6 is 23.2 Å². The van der Waals surface area contributed by atoms with E-state index >= 15 is 0 Å². The SMILES string of the molecule is O=C(CNS(=O)(=O)c1ccc(Cl)c(Cl)c1)NC(CN(C(=O)C1CCNCC1)c1ccncc1)C(=O)N1CCCCC1. The van der Waals surface area contributed by atoms with Gasteiger partial charge in [0.25, 0.3) is 0 Å². The molecule has 2 aliphatic rings. The molecule has 2 aliphatic heterocycles. The fourth-order valence-electron chi connectivity index (χ4n) is 4.97. The first-order valence-corrected chi connectivity index (χ1v) is 15.8. The highest BCUT2D eigenvalue weighted by atomic mass is 35.5. The van der Waals surface area contributed by atoms with Gasteiger partial charge in [0, 0.05) is 37.1 Å². The van der Waals surface area contributed by atoms with Gasteiger partial charge in [-0.25, -0.2) is 13.1 Å². The Morgan fingerprint density at radius 1 is 1.02 bits per heavy atom. The molecule has 3 heterocycles. The molecule has 4 rings (SSSR count). The summed E-state index contributed by atoms with van der Waals surface area (Å²) in [5, 5.41) is 6.19. The maximum absolute atomic E-state index is 13.7. The molecule has 1 aromatic heterocycles. The Bertz CT molecular complexity index is 1330. The normalized spacial score (nSPS) is 17.1. The van der Waals surface area contributed by atoms with Gasteiger partial charge in [-0.2, -0.15) is 0 Å². The molecule has 2 fully saturated rings. The Balaban J connectivity index is 1.53. The van der Waals surface area contributed by atoms with Crippen molar-refractivity contribution >= 4 is 56.6 Å². The van der Waals surface area contributed by atoms with Crippen LogP contribution in [0.15, 0.2) is 47.6 Å². The van der Waals surface area contributed by atoms with Gasteiger partial charge in [-0.15, -0.1) is 0 Å². The highest BCUT2D eigenvalue weighted by molar-refractivity contribution is 7.89. The molecule has 0 saturated carbocycles. The standard InChI is InChI=1S/C27H34Cl2N6O5S/c28-22-5-4-21(16-23(22)29)41(39,40)32-17-25(36)33-24(27(38)34-14-2-1-3-15-34)18-35(20-8-12-31-13-9-20)26(37)19-6-10-30-11-7-19/h4-5,8-9,12-13,16,19,24,30,32H,1-3,6-7,10-11,14-15,17-18H2,(H,33,36). The van der Waals surface area contributed by atoms with E-state index in [1.54, 1.807) is 29.4 Å². The van der Waals surface area contributed by atoms with Crippen LogP contribution in [0.5, 0.6) is 0 Å². The number of carbonyl (C=O) groups excluding carboxylic acids is 3. The number of nitrogens with one attached hydrogen (secondary N) is 3. The van der Waals surface area contributed by atoms with E-state index in [1.165, 1.54) is 23.1 Å². The maximum Gasteiger partial charge on any atom is 0.247 e. The van der Waals surface area contributed by atoms with E-state index < -0.39 is 28.5 Å². The molecule has 0 spiro atoms. The second-order valence-electron chi connectivity index (χ2n) is 10.1. The van der Waals surface area contributed by atoms with Crippen molar-refractivity contribution in [2.75, 3.05) is 44.2 Å². The Hall–Kier alpha value is -2.77. The average Bonchev–Trinajstić information content (AvgIpc) is 3.00. The van der Waals surface area contributed by atoms with E-state index in [0.29, 0.717) is 44.7 Å². The predicted octanol–water partition coefficient (Wildman–Crippen LogP) is 2.20. The highest BCUT2D eigenvalue weighted by Crippen LogP contribution is 2.25. The molecule has 0 bridgehead atoms. The summed E-state index contributed by atoms with van der Waals surface area (Å²) in [6.07, 6.45) is 7.15. The molecule has 1 unspecified atom stereocenters. The number of hydrogen-bond donors (Lipinski definition) is 3. The fourth-order valence-corrected chi connectivity index (χ4v) is 6.34. The van der Waals surface area contributed by atoms with Crippen LogP contribution < -0.4 is 20.3 Å². The first kappa shape index (κ1) is 31.2. The summed E-state index contributed by atoms with van der Waals surface area (Å²) in [4.78, 5) is 47.6. The van der Waals surface area contributed by atoms with Crippen LogP contribution in [0.3, 0.4) is 0 Å². The van der Waals surface area contributed by atoms with Gasteiger partial charge in [0.05, 0.1) is 28.0 Å². The van der Waals surface area contributed by atoms with Gasteiger partial charge < -0.3 is 20.4 Å². The van der Waals surface area contributed by atoms with Crippen molar-refractivity contribution in [3.63, 3.8) is 0 Å². The van der Waals surface area contributed by atoms with Gasteiger partial charge in [-0.1, -0.05) is 23.2 Å². The number of sulfonamides is 1. The van der Waals surface area contributed by atoms with Crippen LogP contribution in [-0.2, 0) is 24.4 Å². The predicted molar refractivity (Wildman–Crippen MR) is 156 cm³/mol. The summed E-state index contributed by atoms with van der Waals surface area (Å²) >= 11 is 11.8. The van der Waals surface area contributed by atoms with Crippen LogP contribution in [0.4, 0.5) is 5.69 Å². The molecule has 222 valence electrons. The zero-order valence-corrected chi connectivity index (χ0v) is 24.8. The molecule has 11 nitrogen and oxygen atoms in total. The molecule has 1 atom stereocenters. The van der Waals surface area contributed by atoms with Crippen LogP contribution in [0.1, 0.15) is 32.1 Å². The summed E-state index contributed by atoms with van der Waals surface area (Å²) in [5.74, 6) is -1.40. The lowest BCUT2D eigenvalue weighted by atomic mass is 9.96. The number of benzene rings is 1. The molecule has 1 aromatic carbocycles. The lowest BCUT2D eigenvalue weighted by Crippen LogP contribution is -2.57. The maximum atomic E-state index is 13.7. The van der Waals surface area contributed by atoms with Crippen LogP contribution in [0.2, 0.25) is 10.0 Å². The van der Waals surface area contributed by atoms with Gasteiger partial charge in [0.1, 0.15) is 6.04 Å². The molecule has 14 heteroatoms. The molecular formula is C27H34Cl2N6O5S. The molecule has 3 N–H and O–H groups in total. The van der Waals surface area contributed by atoms with Crippen molar-refractivity contribution in [3.8, 4) is 0 Å². The summed E-state index contributed by atoms with van der Waals surface area (Å²) in [7, 11) is -4.09. The number of amides is 3. The third kappa shape index (κ3) is 8.39. The van der Waals surface area contributed by atoms with Crippen LogP contribution in [-0.4, -0.2) is 81.3 Å². The number of pyridine rings is 1. The number of halogens is 2. The summed E-state index contributed by atoms with van der Waals surface area (Å²) < 4.78 is 27.8. The monoisotopic (exact) mass is 624 g/mol. The Morgan fingerprint density at radius 3 is 2.37 bits per heavy atom. The molecule has 0 aliphatic carbocycles. The number of piperidine rings is 2. The third-order valence-corrected chi connectivity index (χ3v) is 9.36. The number of likely N-dealkylation sites (tertiary alicyclic amines) is 1. The fraction of sp³-hybridized carbons (Fsp3) is 0.481.